The van der Waals surface area contributed by atoms with Crippen LogP contribution in [-0.2, 0) is 10.6 Å². The number of carboxylic acids is 2. The minimum Gasteiger partial charge on any atom is -0.872 e. The van der Waals surface area contributed by atoms with E-state index in [-0.39, 0.29) is 54.6 Å². The van der Waals surface area contributed by atoms with E-state index in [1.54, 1.807) is 6.07 Å². The molecule has 0 saturated heterocycles. The van der Waals surface area contributed by atoms with Gasteiger partial charge in [0.05, 0.1) is 5.56 Å². The summed E-state index contributed by atoms with van der Waals surface area (Å²) >= 11 is 0. The molecule has 0 bridgehead atoms. The summed E-state index contributed by atoms with van der Waals surface area (Å²) in [6, 6.07) is 12.2. The third-order valence-electron chi connectivity index (χ3n) is 2.56. The maximum atomic E-state index is 10.5. The summed E-state index contributed by atoms with van der Waals surface area (Å²) in [6.07, 6.45) is 0. The molecule has 0 aliphatic heterocycles. The Labute approximate surface area is 161 Å². The number of aromatic carboxylic acids is 1. The van der Waals surface area contributed by atoms with Gasteiger partial charge in [-0.1, -0.05) is 42.5 Å². The number of carbonyl (C=O) groups excluding carboxylic acids is 1. The van der Waals surface area contributed by atoms with Crippen LogP contribution in [0.15, 0.2) is 54.6 Å². The molecule has 0 amide bonds. The van der Waals surface area contributed by atoms with Crippen LogP contribution in [0.2, 0.25) is 0 Å². The van der Waals surface area contributed by atoms with Crippen molar-refractivity contribution in [3.8, 4) is 5.75 Å². The molecule has 0 saturated carbocycles. The summed E-state index contributed by atoms with van der Waals surface area (Å²) in [7, 11) is 0. The minimum absolute atomic E-state index is 0. The molecule has 0 spiro atoms. The summed E-state index contributed by atoms with van der Waals surface area (Å²) < 4.78 is 0. The van der Waals surface area contributed by atoms with Crippen LogP contribution in [0.3, 0.4) is 0 Å². The number of carbonyl (C=O) groups is 2. The van der Waals surface area contributed by atoms with Crippen molar-refractivity contribution in [1.29, 1.82) is 0 Å². The van der Waals surface area contributed by atoms with E-state index in [1.165, 1.54) is 48.5 Å². The quantitative estimate of drug-likeness (QED) is 0.377. The molecule has 0 atom stereocenters. The number of aliphatic hydroxyl groups is 2. The second kappa shape index (κ2) is 11.0. The number of aliphatic carboxylic acids is 1. The summed E-state index contributed by atoms with van der Waals surface area (Å²) in [4.78, 5) is 20.4. The molecule has 7 nitrogen and oxygen atoms in total. The third-order valence-corrected chi connectivity index (χ3v) is 2.56. The zero-order valence-electron chi connectivity index (χ0n) is 13.2. The third kappa shape index (κ3) is 7.24. The standard InChI is InChI=1S/C8H8O4.C7H6O3.2Li/c9-7(10)8(11,12)6-4-2-1-3-5-6;8-6-3-1-5(2-4-6)7(9)10;;/h1-5,11-12H,(H,9,10);1-4,8H,(H,9,10);;/q;;2*+1/p-2. The Morgan fingerprint density at radius 3 is 1.71 bits per heavy atom. The molecular formula is C15H12Li2O7. The Morgan fingerprint density at radius 1 is 0.875 bits per heavy atom. The van der Waals surface area contributed by atoms with Crippen LogP contribution in [0, 0.1) is 0 Å². The van der Waals surface area contributed by atoms with Crippen molar-refractivity contribution in [1.82, 2.24) is 0 Å². The molecule has 0 heterocycles. The van der Waals surface area contributed by atoms with E-state index < -0.39 is 17.7 Å². The van der Waals surface area contributed by atoms with Crippen molar-refractivity contribution in [2.24, 2.45) is 0 Å². The Morgan fingerprint density at radius 2 is 1.33 bits per heavy atom. The largest absolute Gasteiger partial charge is 1.00 e. The van der Waals surface area contributed by atoms with Gasteiger partial charge in [-0.25, -0.2) is 4.79 Å². The van der Waals surface area contributed by atoms with Crippen molar-refractivity contribution < 1.29 is 72.8 Å². The molecular weight excluding hydrogens is 306 g/mol. The van der Waals surface area contributed by atoms with Crippen molar-refractivity contribution in [2.75, 3.05) is 0 Å². The van der Waals surface area contributed by atoms with E-state index in [4.69, 9.17) is 15.3 Å². The molecule has 3 N–H and O–H groups in total. The van der Waals surface area contributed by atoms with Crippen LogP contribution in [-0.4, -0.2) is 27.3 Å². The van der Waals surface area contributed by atoms with Gasteiger partial charge in [-0.15, -0.1) is 5.75 Å². The summed E-state index contributed by atoms with van der Waals surface area (Å²) in [6.45, 7) is 0. The second-order valence-corrected chi connectivity index (χ2v) is 4.16. The van der Waals surface area contributed by atoms with Gasteiger partial charge < -0.3 is 30.3 Å². The van der Waals surface area contributed by atoms with E-state index in [0.717, 1.165) is 0 Å². The topological polar surface area (TPSA) is 141 Å². The fourth-order valence-corrected chi connectivity index (χ4v) is 1.39. The average molecular weight is 318 g/mol. The van der Waals surface area contributed by atoms with Crippen LogP contribution >= 0.6 is 0 Å². The smallest absolute Gasteiger partial charge is 0.872 e. The zero-order chi connectivity index (χ0) is 16.8. The first-order valence-corrected chi connectivity index (χ1v) is 5.97. The Bertz CT molecular complexity index is 643. The van der Waals surface area contributed by atoms with Gasteiger partial charge in [0.2, 0.25) is 5.79 Å². The van der Waals surface area contributed by atoms with E-state index in [2.05, 4.69) is 0 Å². The van der Waals surface area contributed by atoms with E-state index in [9.17, 15) is 19.8 Å². The van der Waals surface area contributed by atoms with Gasteiger partial charge in [0, 0.05) is 5.56 Å². The normalized spacial score (nSPS) is 9.42. The van der Waals surface area contributed by atoms with E-state index in [0.29, 0.717) is 0 Å². The van der Waals surface area contributed by atoms with Crippen LogP contribution in [0.5, 0.6) is 5.75 Å². The van der Waals surface area contributed by atoms with Gasteiger partial charge in [0.25, 0.3) is 0 Å². The predicted octanol–water partition coefficient (Wildman–Crippen LogP) is -6.96. The SMILES string of the molecule is O=C(O)c1ccc([O-])cc1.O=C([O-])C(O)(O)c1ccccc1.[Li+].[Li+]. The molecule has 2 aromatic rings. The monoisotopic (exact) mass is 318 g/mol. The van der Waals surface area contributed by atoms with Crippen molar-refractivity contribution in [3.05, 3.63) is 65.7 Å². The second-order valence-electron chi connectivity index (χ2n) is 4.16. The molecule has 116 valence electrons. The number of rotatable bonds is 3. The molecule has 0 unspecified atom stereocenters. The number of benzene rings is 2. The number of hydrogen-bond donors (Lipinski definition) is 3. The Hall–Kier alpha value is -1.71. The van der Waals surface area contributed by atoms with Gasteiger partial charge in [0.1, 0.15) is 5.97 Å². The van der Waals surface area contributed by atoms with Crippen molar-refractivity contribution in [3.63, 3.8) is 0 Å². The van der Waals surface area contributed by atoms with Crippen molar-refractivity contribution in [2.45, 2.75) is 5.79 Å². The maximum absolute atomic E-state index is 10.5. The van der Waals surface area contributed by atoms with Crippen LogP contribution in [0.4, 0.5) is 0 Å². The first kappa shape index (κ1) is 24.5. The van der Waals surface area contributed by atoms with Gasteiger partial charge in [0.15, 0.2) is 0 Å². The minimum atomic E-state index is -2.90. The number of carboxylic acid groups (broad SMARTS) is 2. The Balaban J connectivity index is 0. The molecule has 0 aliphatic rings. The van der Waals surface area contributed by atoms with E-state index >= 15 is 0 Å². The van der Waals surface area contributed by atoms with Crippen molar-refractivity contribution >= 4 is 11.9 Å². The van der Waals surface area contributed by atoms with Crippen LogP contribution < -0.4 is 47.9 Å². The molecule has 2 rings (SSSR count). The predicted molar refractivity (Wildman–Crippen MR) is 70.4 cm³/mol. The molecule has 0 fully saturated rings. The van der Waals surface area contributed by atoms with E-state index in [1.807, 2.05) is 0 Å². The maximum Gasteiger partial charge on any atom is 1.00 e. The summed E-state index contributed by atoms with van der Waals surface area (Å²) in [5.74, 6) is -6.03. The van der Waals surface area contributed by atoms with Gasteiger partial charge in [-0.2, -0.15) is 0 Å². The van der Waals surface area contributed by atoms with Crippen LogP contribution in [0.25, 0.3) is 0 Å². The van der Waals surface area contributed by atoms with Gasteiger partial charge >= 0.3 is 43.7 Å². The molecule has 0 aliphatic carbocycles. The molecule has 9 heteroatoms. The Kier molecular flexibility index (Phi) is 11.2. The first-order chi connectivity index (χ1) is 10.2. The molecule has 0 radical (unpaired) electrons. The summed E-state index contributed by atoms with van der Waals surface area (Å²) in [5, 5.41) is 46.9. The molecule has 2 aromatic carbocycles. The molecule has 24 heavy (non-hydrogen) atoms. The zero-order valence-corrected chi connectivity index (χ0v) is 13.2. The van der Waals surface area contributed by atoms with Crippen LogP contribution in [0.1, 0.15) is 15.9 Å². The average Bonchev–Trinajstić information content (AvgIpc) is 2.49. The molecule has 0 aromatic heterocycles. The first-order valence-electron chi connectivity index (χ1n) is 5.97. The summed E-state index contributed by atoms with van der Waals surface area (Å²) in [5.41, 5.74) is 0.0181. The fraction of sp³-hybridized carbons (Fsp3) is 0.0667. The van der Waals surface area contributed by atoms with Gasteiger partial charge in [-0.3, -0.25) is 0 Å². The fourth-order valence-electron chi connectivity index (χ4n) is 1.39. The van der Waals surface area contributed by atoms with Gasteiger partial charge in [-0.05, 0) is 12.1 Å². The number of hydrogen-bond acceptors (Lipinski definition) is 6.